The summed E-state index contributed by atoms with van der Waals surface area (Å²) in [6.45, 7) is 7.18. The third-order valence-corrected chi connectivity index (χ3v) is 3.31. The molecule has 3 nitrogen and oxygen atoms in total. The van der Waals surface area contributed by atoms with Crippen LogP contribution in [0, 0.1) is 11.3 Å². The summed E-state index contributed by atoms with van der Waals surface area (Å²) in [4.78, 5) is 11.6. The Morgan fingerprint density at radius 3 is 2.47 bits per heavy atom. The number of amides is 1. The van der Waals surface area contributed by atoms with Gasteiger partial charge in [-0.25, -0.2) is 0 Å². The lowest BCUT2D eigenvalue weighted by molar-refractivity contribution is -0.123. The van der Waals surface area contributed by atoms with Crippen molar-refractivity contribution in [1.29, 1.82) is 0 Å². The number of nitrogens with two attached hydrogens (primary N) is 1. The van der Waals surface area contributed by atoms with Gasteiger partial charge >= 0.3 is 0 Å². The fourth-order valence-corrected chi connectivity index (χ4v) is 2.00. The van der Waals surface area contributed by atoms with Gasteiger partial charge in [-0.15, -0.1) is 0 Å². The molecule has 0 aromatic carbocycles. The number of nitrogens with one attached hydrogen (secondary N) is 1. The summed E-state index contributed by atoms with van der Waals surface area (Å²) < 4.78 is 0. The molecule has 3 heteroatoms. The van der Waals surface area contributed by atoms with E-state index >= 15 is 0 Å². The van der Waals surface area contributed by atoms with Gasteiger partial charge in [0.1, 0.15) is 0 Å². The maximum atomic E-state index is 11.6. The van der Waals surface area contributed by atoms with Crippen LogP contribution in [0.15, 0.2) is 0 Å². The first-order valence-electron chi connectivity index (χ1n) is 5.96. The van der Waals surface area contributed by atoms with Crippen LogP contribution in [0.2, 0.25) is 0 Å². The summed E-state index contributed by atoms with van der Waals surface area (Å²) in [5, 5.41) is 2.97. The Morgan fingerprint density at radius 2 is 2.07 bits per heavy atom. The summed E-state index contributed by atoms with van der Waals surface area (Å²) in [5.41, 5.74) is 6.14. The molecule has 0 aromatic rings. The standard InChI is InChI=1S/C12H24N2O/c1-9(2)7-10(13)11(15)14-8-12(3)5-4-6-12/h9-10H,4-8,13H2,1-3H3,(H,14,15)/t10-/m1/s1. The fraction of sp³-hybridized carbons (Fsp3) is 0.917. The third-order valence-electron chi connectivity index (χ3n) is 3.31. The van der Waals surface area contributed by atoms with E-state index in [0.29, 0.717) is 11.3 Å². The van der Waals surface area contributed by atoms with Crippen LogP contribution in [0.4, 0.5) is 0 Å². The van der Waals surface area contributed by atoms with Crippen molar-refractivity contribution >= 4 is 5.91 Å². The van der Waals surface area contributed by atoms with Crippen LogP contribution in [0.1, 0.15) is 46.5 Å². The van der Waals surface area contributed by atoms with Gasteiger partial charge < -0.3 is 11.1 Å². The minimum atomic E-state index is -0.339. The summed E-state index contributed by atoms with van der Waals surface area (Å²) in [6.07, 6.45) is 4.52. The third kappa shape index (κ3) is 3.82. The maximum Gasteiger partial charge on any atom is 0.236 e. The van der Waals surface area contributed by atoms with Gasteiger partial charge in [0.2, 0.25) is 5.91 Å². The van der Waals surface area contributed by atoms with Gasteiger partial charge in [0.15, 0.2) is 0 Å². The number of carbonyl (C=O) groups is 1. The zero-order valence-electron chi connectivity index (χ0n) is 10.2. The second-order valence-electron chi connectivity index (χ2n) is 5.62. The maximum absolute atomic E-state index is 11.6. The monoisotopic (exact) mass is 212 g/mol. The minimum absolute atomic E-state index is 0.0109. The van der Waals surface area contributed by atoms with E-state index < -0.39 is 0 Å². The summed E-state index contributed by atoms with van der Waals surface area (Å²) in [5.74, 6) is 0.488. The predicted molar refractivity (Wildman–Crippen MR) is 62.4 cm³/mol. The van der Waals surface area contributed by atoms with Crippen molar-refractivity contribution in [3.05, 3.63) is 0 Å². The molecule has 0 heterocycles. The molecule has 1 saturated carbocycles. The second-order valence-corrected chi connectivity index (χ2v) is 5.62. The van der Waals surface area contributed by atoms with Crippen molar-refractivity contribution in [1.82, 2.24) is 5.32 Å². The molecule has 0 unspecified atom stereocenters. The smallest absolute Gasteiger partial charge is 0.236 e. The highest BCUT2D eigenvalue weighted by Gasteiger charge is 2.32. The van der Waals surface area contributed by atoms with Crippen molar-refractivity contribution in [3.63, 3.8) is 0 Å². The van der Waals surface area contributed by atoms with Crippen LogP contribution < -0.4 is 11.1 Å². The number of carbonyl (C=O) groups excluding carboxylic acids is 1. The molecule has 0 bridgehead atoms. The van der Waals surface area contributed by atoms with Crippen molar-refractivity contribution in [3.8, 4) is 0 Å². The van der Waals surface area contributed by atoms with Gasteiger partial charge in [-0.3, -0.25) is 4.79 Å². The Labute approximate surface area is 92.8 Å². The van der Waals surface area contributed by atoms with Crippen LogP contribution >= 0.6 is 0 Å². The molecule has 0 aromatic heterocycles. The lowest BCUT2D eigenvalue weighted by atomic mass is 9.70. The Balaban J connectivity index is 2.23. The van der Waals surface area contributed by atoms with Gasteiger partial charge in [0.25, 0.3) is 0 Å². The Hall–Kier alpha value is -0.570. The van der Waals surface area contributed by atoms with Crippen LogP contribution in [0.5, 0.6) is 0 Å². The summed E-state index contributed by atoms with van der Waals surface area (Å²) in [7, 11) is 0. The van der Waals surface area contributed by atoms with Gasteiger partial charge in [-0.1, -0.05) is 27.2 Å². The molecule has 15 heavy (non-hydrogen) atoms. The van der Waals surface area contributed by atoms with E-state index in [-0.39, 0.29) is 11.9 Å². The molecule has 88 valence electrons. The molecule has 1 amide bonds. The normalized spacial score (nSPS) is 20.9. The van der Waals surface area contributed by atoms with Crippen LogP contribution in [-0.2, 0) is 4.79 Å². The molecular formula is C12H24N2O. The molecule has 0 spiro atoms. The summed E-state index contributed by atoms with van der Waals surface area (Å²) >= 11 is 0. The number of hydrogen-bond donors (Lipinski definition) is 2. The van der Waals surface area contributed by atoms with Crippen molar-refractivity contribution < 1.29 is 4.79 Å². The average Bonchev–Trinajstić information content (AvgIpc) is 2.10. The lowest BCUT2D eigenvalue weighted by Gasteiger charge is -2.38. The molecule has 3 N–H and O–H groups in total. The largest absolute Gasteiger partial charge is 0.354 e. The van der Waals surface area contributed by atoms with Crippen LogP contribution in [0.25, 0.3) is 0 Å². The van der Waals surface area contributed by atoms with Crippen molar-refractivity contribution in [2.24, 2.45) is 17.1 Å². The van der Waals surface area contributed by atoms with Gasteiger partial charge in [0, 0.05) is 6.54 Å². The predicted octanol–water partition coefficient (Wildman–Crippen LogP) is 1.67. The Kier molecular flexibility index (Phi) is 4.14. The van der Waals surface area contributed by atoms with Gasteiger partial charge in [0.05, 0.1) is 6.04 Å². The fourth-order valence-electron chi connectivity index (χ4n) is 2.00. The van der Waals surface area contributed by atoms with E-state index in [0.717, 1.165) is 13.0 Å². The molecular weight excluding hydrogens is 188 g/mol. The highest BCUT2D eigenvalue weighted by Crippen LogP contribution is 2.39. The topological polar surface area (TPSA) is 55.1 Å². The van der Waals surface area contributed by atoms with Crippen molar-refractivity contribution in [2.45, 2.75) is 52.5 Å². The zero-order valence-corrected chi connectivity index (χ0v) is 10.2. The van der Waals surface area contributed by atoms with Crippen LogP contribution in [0.3, 0.4) is 0 Å². The van der Waals surface area contributed by atoms with E-state index in [4.69, 9.17) is 5.73 Å². The lowest BCUT2D eigenvalue weighted by Crippen LogP contribution is -2.46. The molecule has 1 aliphatic rings. The van der Waals surface area contributed by atoms with Gasteiger partial charge in [-0.05, 0) is 30.6 Å². The molecule has 1 aliphatic carbocycles. The Bertz CT molecular complexity index is 222. The van der Waals surface area contributed by atoms with Crippen molar-refractivity contribution in [2.75, 3.05) is 6.54 Å². The second kappa shape index (κ2) is 4.97. The first-order chi connectivity index (χ1) is 6.93. The molecule has 1 rings (SSSR count). The first-order valence-corrected chi connectivity index (χ1v) is 5.96. The van der Waals surface area contributed by atoms with E-state index in [1.165, 1.54) is 19.3 Å². The van der Waals surface area contributed by atoms with E-state index in [1.807, 2.05) is 0 Å². The number of rotatable bonds is 5. The summed E-state index contributed by atoms with van der Waals surface area (Å²) in [6, 6.07) is -0.339. The van der Waals surface area contributed by atoms with E-state index in [1.54, 1.807) is 0 Å². The highest BCUT2D eigenvalue weighted by molar-refractivity contribution is 5.81. The molecule has 1 fully saturated rings. The molecule has 0 aliphatic heterocycles. The van der Waals surface area contributed by atoms with E-state index in [2.05, 4.69) is 26.1 Å². The minimum Gasteiger partial charge on any atom is -0.354 e. The Morgan fingerprint density at radius 1 is 1.47 bits per heavy atom. The average molecular weight is 212 g/mol. The van der Waals surface area contributed by atoms with Crippen LogP contribution in [-0.4, -0.2) is 18.5 Å². The zero-order chi connectivity index (χ0) is 11.5. The highest BCUT2D eigenvalue weighted by atomic mass is 16.2. The molecule has 0 saturated heterocycles. The first kappa shape index (κ1) is 12.5. The molecule has 1 atom stereocenters. The molecule has 0 radical (unpaired) electrons. The number of hydrogen-bond acceptors (Lipinski definition) is 2. The van der Waals surface area contributed by atoms with Gasteiger partial charge in [-0.2, -0.15) is 0 Å². The SMILES string of the molecule is CC(C)C[C@@H](N)C(=O)NCC1(C)CCC1. The quantitative estimate of drug-likeness (QED) is 0.728. The van der Waals surface area contributed by atoms with E-state index in [9.17, 15) is 4.79 Å².